The second-order valence-electron chi connectivity index (χ2n) is 5.11. The fraction of sp³-hybridized carbons (Fsp3) is 0.636. The minimum absolute atomic E-state index is 0.111. The van der Waals surface area contributed by atoms with Crippen LogP contribution in [0.3, 0.4) is 0 Å². The Kier molecular flexibility index (Phi) is 3.36. The van der Waals surface area contributed by atoms with Gasteiger partial charge in [-0.3, -0.25) is 10.00 Å². The van der Waals surface area contributed by atoms with Gasteiger partial charge in [-0.05, 0) is 33.6 Å². The Hall–Kier alpha value is -2.00. The Morgan fingerprint density at radius 2 is 2.15 bits per heavy atom. The lowest BCUT2D eigenvalue weighted by atomic mass is 10.2. The SMILES string of the molecule is CN1CCCN(C)C(c2noc(-c3nc(N)n[nH]3)n2)C1. The molecular formula is C11H18N8O. The van der Waals surface area contributed by atoms with Gasteiger partial charge in [-0.2, -0.15) is 9.97 Å². The molecule has 0 bridgehead atoms. The van der Waals surface area contributed by atoms with Gasteiger partial charge in [0.25, 0.3) is 5.89 Å². The highest BCUT2D eigenvalue weighted by Crippen LogP contribution is 2.22. The molecule has 0 saturated carbocycles. The van der Waals surface area contributed by atoms with E-state index in [-0.39, 0.29) is 12.0 Å². The van der Waals surface area contributed by atoms with E-state index < -0.39 is 0 Å². The molecule has 108 valence electrons. The highest BCUT2D eigenvalue weighted by Gasteiger charge is 2.27. The Morgan fingerprint density at radius 3 is 2.90 bits per heavy atom. The van der Waals surface area contributed by atoms with Gasteiger partial charge < -0.3 is 15.2 Å². The molecule has 1 saturated heterocycles. The van der Waals surface area contributed by atoms with Crippen LogP contribution in [0.4, 0.5) is 5.95 Å². The lowest BCUT2D eigenvalue weighted by Crippen LogP contribution is -2.31. The van der Waals surface area contributed by atoms with Crippen molar-refractivity contribution in [2.75, 3.05) is 39.5 Å². The maximum absolute atomic E-state index is 5.47. The maximum atomic E-state index is 5.47. The van der Waals surface area contributed by atoms with Crippen molar-refractivity contribution in [3.05, 3.63) is 5.82 Å². The molecule has 2 aromatic rings. The first-order chi connectivity index (χ1) is 9.63. The molecule has 3 rings (SSSR count). The summed E-state index contributed by atoms with van der Waals surface area (Å²) >= 11 is 0. The van der Waals surface area contributed by atoms with Crippen molar-refractivity contribution < 1.29 is 4.52 Å². The number of aromatic amines is 1. The summed E-state index contributed by atoms with van der Waals surface area (Å²) in [5.41, 5.74) is 5.47. The third-order valence-corrected chi connectivity index (χ3v) is 3.51. The van der Waals surface area contributed by atoms with Crippen molar-refractivity contribution >= 4 is 5.95 Å². The summed E-state index contributed by atoms with van der Waals surface area (Å²) in [5, 5.41) is 10.5. The molecule has 2 aromatic heterocycles. The largest absolute Gasteiger partial charge is 0.366 e. The van der Waals surface area contributed by atoms with E-state index in [0.717, 1.165) is 26.1 Å². The molecule has 9 nitrogen and oxygen atoms in total. The van der Waals surface area contributed by atoms with Crippen LogP contribution in [0, 0.1) is 0 Å². The normalized spacial score (nSPS) is 22.0. The number of rotatable bonds is 2. The van der Waals surface area contributed by atoms with Crippen LogP contribution in [0.5, 0.6) is 0 Å². The summed E-state index contributed by atoms with van der Waals surface area (Å²) in [4.78, 5) is 12.9. The average Bonchev–Trinajstić information content (AvgIpc) is 3.01. The first kappa shape index (κ1) is 13.0. The molecule has 0 amide bonds. The Balaban J connectivity index is 1.85. The molecule has 3 N–H and O–H groups in total. The number of nitrogen functional groups attached to an aromatic ring is 1. The summed E-state index contributed by atoms with van der Waals surface area (Å²) in [6, 6.07) is 0.111. The van der Waals surface area contributed by atoms with Gasteiger partial charge in [-0.25, -0.2) is 0 Å². The van der Waals surface area contributed by atoms with Crippen LogP contribution in [0.2, 0.25) is 0 Å². The quantitative estimate of drug-likeness (QED) is 0.773. The van der Waals surface area contributed by atoms with E-state index in [1.54, 1.807) is 0 Å². The lowest BCUT2D eigenvalue weighted by Gasteiger charge is -2.24. The molecule has 9 heteroatoms. The van der Waals surface area contributed by atoms with E-state index in [1.165, 1.54) is 0 Å². The lowest BCUT2D eigenvalue weighted by molar-refractivity contribution is 0.215. The van der Waals surface area contributed by atoms with Crippen molar-refractivity contribution in [3.8, 4) is 11.7 Å². The van der Waals surface area contributed by atoms with Crippen molar-refractivity contribution in [3.63, 3.8) is 0 Å². The number of aromatic nitrogens is 5. The van der Waals surface area contributed by atoms with E-state index in [4.69, 9.17) is 10.3 Å². The minimum atomic E-state index is 0.111. The molecule has 0 spiro atoms. The predicted molar refractivity (Wildman–Crippen MR) is 71.6 cm³/mol. The van der Waals surface area contributed by atoms with Gasteiger partial charge in [0.05, 0.1) is 6.04 Å². The summed E-state index contributed by atoms with van der Waals surface area (Å²) in [6.45, 7) is 2.95. The summed E-state index contributed by atoms with van der Waals surface area (Å²) < 4.78 is 5.25. The molecule has 20 heavy (non-hydrogen) atoms. The number of anilines is 1. The highest BCUT2D eigenvalue weighted by atomic mass is 16.5. The van der Waals surface area contributed by atoms with Crippen LogP contribution in [0.15, 0.2) is 4.52 Å². The van der Waals surface area contributed by atoms with Crippen LogP contribution in [-0.4, -0.2) is 68.9 Å². The monoisotopic (exact) mass is 278 g/mol. The van der Waals surface area contributed by atoms with Gasteiger partial charge in [-0.15, -0.1) is 5.10 Å². The van der Waals surface area contributed by atoms with E-state index in [2.05, 4.69) is 49.2 Å². The zero-order valence-electron chi connectivity index (χ0n) is 11.6. The molecule has 1 aliphatic heterocycles. The van der Waals surface area contributed by atoms with Crippen LogP contribution in [-0.2, 0) is 0 Å². The zero-order valence-corrected chi connectivity index (χ0v) is 11.6. The number of hydrogen-bond acceptors (Lipinski definition) is 8. The fourth-order valence-corrected chi connectivity index (χ4v) is 2.39. The number of nitrogens with one attached hydrogen (secondary N) is 1. The smallest absolute Gasteiger partial charge is 0.295 e. The van der Waals surface area contributed by atoms with Gasteiger partial charge in [0.1, 0.15) is 0 Å². The molecule has 0 aromatic carbocycles. The minimum Gasteiger partial charge on any atom is -0.366 e. The Labute approximate surface area is 116 Å². The summed E-state index contributed by atoms with van der Waals surface area (Å²) in [5.74, 6) is 1.52. The highest BCUT2D eigenvalue weighted by molar-refractivity contribution is 5.41. The average molecular weight is 278 g/mol. The van der Waals surface area contributed by atoms with Crippen LogP contribution in [0.25, 0.3) is 11.7 Å². The third kappa shape index (κ3) is 2.49. The number of nitrogens with zero attached hydrogens (tertiary/aromatic N) is 6. The first-order valence-corrected chi connectivity index (χ1v) is 6.54. The van der Waals surface area contributed by atoms with E-state index in [9.17, 15) is 0 Å². The van der Waals surface area contributed by atoms with Gasteiger partial charge >= 0.3 is 0 Å². The van der Waals surface area contributed by atoms with Crippen LogP contribution < -0.4 is 5.73 Å². The molecule has 0 radical (unpaired) electrons. The Morgan fingerprint density at radius 1 is 1.30 bits per heavy atom. The molecule has 1 atom stereocenters. The maximum Gasteiger partial charge on any atom is 0.295 e. The number of likely N-dealkylation sites (N-methyl/N-ethyl adjacent to an activating group) is 2. The zero-order chi connectivity index (χ0) is 14.1. The van der Waals surface area contributed by atoms with Gasteiger partial charge in [-0.1, -0.05) is 5.16 Å². The standard InChI is InChI=1S/C11H18N8O/c1-18-4-3-5-19(2)7(6-18)8-13-10(20-17-8)9-14-11(12)16-15-9/h7H,3-6H2,1-2H3,(H3,12,14,15,16). The molecule has 3 heterocycles. The second kappa shape index (κ2) is 5.17. The van der Waals surface area contributed by atoms with Crippen molar-refractivity contribution in [2.45, 2.75) is 12.5 Å². The topological polar surface area (TPSA) is 113 Å². The summed E-state index contributed by atoms with van der Waals surface area (Å²) in [6.07, 6.45) is 1.13. The Bertz CT molecular complexity index is 578. The number of nitrogens with two attached hydrogens (primary N) is 1. The van der Waals surface area contributed by atoms with Gasteiger partial charge in [0.2, 0.25) is 11.8 Å². The second-order valence-corrected chi connectivity index (χ2v) is 5.11. The molecule has 1 aliphatic rings. The fourth-order valence-electron chi connectivity index (χ4n) is 2.39. The van der Waals surface area contributed by atoms with Gasteiger partial charge in [0, 0.05) is 6.54 Å². The molecule has 0 aliphatic carbocycles. The molecule has 1 unspecified atom stereocenters. The third-order valence-electron chi connectivity index (χ3n) is 3.51. The van der Waals surface area contributed by atoms with E-state index >= 15 is 0 Å². The van der Waals surface area contributed by atoms with Crippen LogP contribution >= 0.6 is 0 Å². The van der Waals surface area contributed by atoms with Crippen molar-refractivity contribution in [1.29, 1.82) is 0 Å². The van der Waals surface area contributed by atoms with E-state index in [1.807, 2.05) is 0 Å². The van der Waals surface area contributed by atoms with Crippen molar-refractivity contribution in [2.24, 2.45) is 0 Å². The van der Waals surface area contributed by atoms with Crippen molar-refractivity contribution in [1.82, 2.24) is 35.1 Å². The predicted octanol–water partition coefficient (Wildman–Crippen LogP) is -0.255. The number of H-pyrrole nitrogens is 1. The van der Waals surface area contributed by atoms with Crippen LogP contribution in [0.1, 0.15) is 18.3 Å². The number of hydrogen-bond donors (Lipinski definition) is 2. The molecule has 1 fully saturated rings. The van der Waals surface area contributed by atoms with E-state index in [0.29, 0.717) is 17.5 Å². The first-order valence-electron chi connectivity index (χ1n) is 6.54. The molecular weight excluding hydrogens is 260 g/mol. The van der Waals surface area contributed by atoms with Gasteiger partial charge in [0.15, 0.2) is 5.82 Å². The summed E-state index contributed by atoms with van der Waals surface area (Å²) in [7, 11) is 4.18.